The van der Waals surface area contributed by atoms with Crippen molar-refractivity contribution in [3.8, 4) is 0 Å². The zero-order valence-electron chi connectivity index (χ0n) is 15.6. The Kier molecular flexibility index (Phi) is 6.58. The summed E-state index contributed by atoms with van der Waals surface area (Å²) in [6.07, 6.45) is 3.47. The fourth-order valence-electron chi connectivity index (χ4n) is 3.14. The van der Waals surface area contributed by atoms with Gasteiger partial charge in [-0.15, -0.1) is 0 Å². The third-order valence-corrected chi connectivity index (χ3v) is 4.81. The number of carbonyl (C=O) groups is 2. The van der Waals surface area contributed by atoms with Crippen LogP contribution < -0.4 is 0 Å². The summed E-state index contributed by atoms with van der Waals surface area (Å²) < 4.78 is 7.44. The van der Waals surface area contributed by atoms with Gasteiger partial charge in [-0.2, -0.15) is 5.10 Å². The number of amides is 1. The van der Waals surface area contributed by atoms with Crippen molar-refractivity contribution in [1.29, 1.82) is 0 Å². The van der Waals surface area contributed by atoms with Crippen LogP contribution in [0.25, 0.3) is 0 Å². The number of likely N-dealkylation sites (tertiary alicyclic amines) is 1. The van der Waals surface area contributed by atoms with Gasteiger partial charge in [-0.3, -0.25) is 9.48 Å². The molecule has 2 rings (SSSR count). The maximum absolute atomic E-state index is 12.5. The largest absolute Gasteiger partial charge is 0.478 e. The van der Waals surface area contributed by atoms with Crippen LogP contribution in [0.15, 0.2) is 6.20 Å². The third kappa shape index (κ3) is 4.81. The molecule has 0 bridgehead atoms. The number of rotatable bonds is 7. The molecule has 1 amide bonds. The van der Waals surface area contributed by atoms with Crippen LogP contribution >= 0.6 is 0 Å². The van der Waals surface area contributed by atoms with Crippen molar-refractivity contribution in [2.24, 2.45) is 5.92 Å². The molecular formula is C18H29N3O4. The molecule has 0 saturated carbocycles. The van der Waals surface area contributed by atoms with E-state index in [9.17, 15) is 9.59 Å². The van der Waals surface area contributed by atoms with Crippen molar-refractivity contribution >= 4 is 11.9 Å². The van der Waals surface area contributed by atoms with E-state index in [2.05, 4.69) is 18.9 Å². The number of piperidine rings is 1. The average molecular weight is 351 g/mol. The summed E-state index contributed by atoms with van der Waals surface area (Å²) >= 11 is 0. The molecule has 0 radical (unpaired) electrons. The molecule has 1 fully saturated rings. The minimum Gasteiger partial charge on any atom is -0.478 e. The van der Waals surface area contributed by atoms with E-state index in [4.69, 9.17) is 9.84 Å². The fourth-order valence-corrected chi connectivity index (χ4v) is 3.14. The molecule has 7 nitrogen and oxygen atoms in total. The van der Waals surface area contributed by atoms with E-state index in [0.717, 1.165) is 19.3 Å². The Balaban J connectivity index is 1.86. The van der Waals surface area contributed by atoms with Crippen LogP contribution in [-0.2, 0) is 9.53 Å². The Hall–Kier alpha value is -1.89. The highest BCUT2D eigenvalue weighted by atomic mass is 16.5. The van der Waals surface area contributed by atoms with Gasteiger partial charge in [-0.1, -0.05) is 13.8 Å². The van der Waals surface area contributed by atoms with Gasteiger partial charge in [-0.25, -0.2) is 4.79 Å². The Morgan fingerprint density at radius 3 is 2.48 bits per heavy atom. The number of aromatic nitrogens is 2. The summed E-state index contributed by atoms with van der Waals surface area (Å²) in [5.74, 6) is -0.361. The summed E-state index contributed by atoms with van der Waals surface area (Å²) in [5.41, 5.74) is 0.911. The lowest BCUT2D eigenvalue weighted by Gasteiger charge is -2.34. The highest BCUT2D eigenvalue weighted by molar-refractivity contribution is 5.88. The zero-order chi connectivity index (χ0) is 18.6. The topological polar surface area (TPSA) is 84.7 Å². The lowest BCUT2D eigenvalue weighted by Crippen LogP contribution is -2.44. The molecule has 2 heterocycles. The van der Waals surface area contributed by atoms with Crippen LogP contribution in [0.5, 0.6) is 0 Å². The number of carboxylic acids is 1. The van der Waals surface area contributed by atoms with Crippen molar-refractivity contribution in [3.63, 3.8) is 0 Å². The Labute approximate surface area is 148 Å². The maximum Gasteiger partial charge on any atom is 0.339 e. The first-order valence-electron chi connectivity index (χ1n) is 8.99. The average Bonchev–Trinajstić information content (AvgIpc) is 2.95. The van der Waals surface area contributed by atoms with E-state index in [1.807, 2.05) is 11.8 Å². The number of hydrogen-bond acceptors (Lipinski definition) is 4. The van der Waals surface area contributed by atoms with E-state index in [-0.39, 0.29) is 17.5 Å². The van der Waals surface area contributed by atoms with Gasteiger partial charge in [0, 0.05) is 19.7 Å². The molecule has 1 unspecified atom stereocenters. The molecular weight excluding hydrogens is 322 g/mol. The number of carboxylic acid groups (broad SMARTS) is 1. The van der Waals surface area contributed by atoms with Crippen molar-refractivity contribution in [2.45, 2.75) is 59.1 Å². The number of nitrogens with zero attached hydrogens (tertiary/aromatic N) is 3. The van der Waals surface area contributed by atoms with Gasteiger partial charge in [0.05, 0.1) is 17.9 Å². The van der Waals surface area contributed by atoms with E-state index in [1.165, 1.54) is 6.20 Å². The van der Waals surface area contributed by atoms with Crippen molar-refractivity contribution in [1.82, 2.24) is 14.7 Å². The number of aromatic carboxylic acids is 1. The predicted molar refractivity (Wildman–Crippen MR) is 93.6 cm³/mol. The van der Waals surface area contributed by atoms with E-state index in [0.29, 0.717) is 31.3 Å². The monoisotopic (exact) mass is 351 g/mol. The van der Waals surface area contributed by atoms with Crippen LogP contribution in [0, 0.1) is 12.8 Å². The summed E-state index contributed by atoms with van der Waals surface area (Å²) in [6.45, 7) is 9.74. The fraction of sp³-hybridized carbons (Fsp3) is 0.722. The van der Waals surface area contributed by atoms with Crippen LogP contribution in [0.4, 0.5) is 0 Å². The lowest BCUT2D eigenvalue weighted by atomic mass is 10.0. The molecule has 25 heavy (non-hydrogen) atoms. The van der Waals surface area contributed by atoms with Gasteiger partial charge < -0.3 is 14.7 Å². The number of hydrogen-bond donors (Lipinski definition) is 1. The van der Waals surface area contributed by atoms with E-state index in [1.54, 1.807) is 11.6 Å². The zero-order valence-corrected chi connectivity index (χ0v) is 15.6. The molecule has 1 aromatic heterocycles. The van der Waals surface area contributed by atoms with Gasteiger partial charge in [0.25, 0.3) is 5.91 Å². The summed E-state index contributed by atoms with van der Waals surface area (Å²) in [6, 6.07) is 0.134. The number of carbonyl (C=O) groups excluding carboxylic acids is 1. The minimum absolute atomic E-state index is 0.0330. The van der Waals surface area contributed by atoms with Crippen LogP contribution in [0.1, 0.15) is 62.1 Å². The molecule has 1 N–H and O–H groups in total. The van der Waals surface area contributed by atoms with Gasteiger partial charge in [-0.05, 0) is 39.0 Å². The molecule has 1 saturated heterocycles. The second-order valence-corrected chi connectivity index (χ2v) is 7.15. The smallest absolute Gasteiger partial charge is 0.339 e. The summed E-state index contributed by atoms with van der Waals surface area (Å²) in [7, 11) is 0. The number of ether oxygens (including phenoxy) is 1. The van der Waals surface area contributed by atoms with Gasteiger partial charge in [0.15, 0.2) is 0 Å². The van der Waals surface area contributed by atoms with Gasteiger partial charge in [0.1, 0.15) is 11.7 Å². The molecule has 0 spiro atoms. The maximum atomic E-state index is 12.5. The summed E-state index contributed by atoms with van der Waals surface area (Å²) in [4.78, 5) is 25.5. The Morgan fingerprint density at radius 1 is 1.32 bits per heavy atom. The molecule has 1 aromatic rings. The van der Waals surface area contributed by atoms with Crippen LogP contribution in [0.3, 0.4) is 0 Å². The Bertz CT molecular complexity index is 603. The molecule has 1 atom stereocenters. The van der Waals surface area contributed by atoms with Crippen LogP contribution in [-0.4, -0.2) is 57.5 Å². The second kappa shape index (κ2) is 8.47. The third-order valence-electron chi connectivity index (χ3n) is 4.81. The quantitative estimate of drug-likeness (QED) is 0.816. The van der Waals surface area contributed by atoms with Crippen LogP contribution in [0.2, 0.25) is 0 Å². The van der Waals surface area contributed by atoms with E-state index < -0.39 is 12.1 Å². The van der Waals surface area contributed by atoms with E-state index >= 15 is 0 Å². The van der Waals surface area contributed by atoms with Crippen molar-refractivity contribution < 1.29 is 19.4 Å². The molecule has 0 aliphatic carbocycles. The van der Waals surface area contributed by atoms with Crippen molar-refractivity contribution in [3.05, 3.63) is 17.5 Å². The first-order chi connectivity index (χ1) is 11.8. The normalized spacial score (nSPS) is 17.1. The molecule has 0 aromatic carbocycles. The van der Waals surface area contributed by atoms with Gasteiger partial charge in [0.2, 0.25) is 0 Å². The SMILES string of the molecule is Cc1c(C(=O)O)cnn1C1CCN(C(=O)C(C)OCCC(C)C)CC1. The molecule has 7 heteroatoms. The highest BCUT2D eigenvalue weighted by Crippen LogP contribution is 2.25. The molecule has 1 aliphatic rings. The minimum atomic E-state index is -0.955. The predicted octanol–water partition coefficient (Wildman–Crippen LogP) is 2.50. The summed E-state index contributed by atoms with van der Waals surface area (Å²) in [5, 5.41) is 13.4. The lowest BCUT2D eigenvalue weighted by molar-refractivity contribution is -0.144. The highest BCUT2D eigenvalue weighted by Gasteiger charge is 2.28. The van der Waals surface area contributed by atoms with Crippen molar-refractivity contribution in [2.75, 3.05) is 19.7 Å². The Morgan fingerprint density at radius 2 is 1.96 bits per heavy atom. The molecule has 1 aliphatic heterocycles. The first-order valence-corrected chi connectivity index (χ1v) is 8.99. The molecule has 140 valence electrons. The van der Waals surface area contributed by atoms with Gasteiger partial charge >= 0.3 is 5.97 Å². The first kappa shape index (κ1) is 19.4. The standard InChI is InChI=1S/C18H29N3O4/c1-12(2)7-10-25-14(4)17(22)20-8-5-15(6-9-20)21-13(3)16(11-19-21)18(23)24/h11-12,14-15H,5-10H2,1-4H3,(H,23,24). The second-order valence-electron chi connectivity index (χ2n) is 7.15.